The first kappa shape index (κ1) is 21.2. The quantitative estimate of drug-likeness (QED) is 0.485. The molecule has 2 heterocycles. The molecule has 4 rings (SSSR count). The zero-order valence-corrected chi connectivity index (χ0v) is 18.6. The Bertz CT molecular complexity index is 964. The minimum absolute atomic E-state index is 0.597. The SMILES string of the molecule is CN=C(NCCc1nccn1Cc1ccccc1)N1CCC(c2ccccc2)C(C)C1. The summed E-state index contributed by atoms with van der Waals surface area (Å²) in [5.41, 5.74) is 2.75. The van der Waals surface area contributed by atoms with E-state index in [1.165, 1.54) is 11.1 Å². The summed E-state index contributed by atoms with van der Waals surface area (Å²) in [4.78, 5) is 11.5. The molecular weight excluding hydrogens is 382 g/mol. The molecule has 2 unspecified atom stereocenters. The van der Waals surface area contributed by atoms with E-state index < -0.39 is 0 Å². The van der Waals surface area contributed by atoms with Crippen LogP contribution in [0, 0.1) is 5.92 Å². The topological polar surface area (TPSA) is 45.5 Å². The van der Waals surface area contributed by atoms with E-state index in [1.54, 1.807) is 0 Å². The van der Waals surface area contributed by atoms with E-state index in [2.05, 4.69) is 98.5 Å². The molecule has 3 aromatic rings. The van der Waals surface area contributed by atoms with Crippen molar-refractivity contribution in [2.24, 2.45) is 10.9 Å². The highest BCUT2D eigenvalue weighted by Gasteiger charge is 2.28. The van der Waals surface area contributed by atoms with Gasteiger partial charge in [0, 0.05) is 52.0 Å². The summed E-state index contributed by atoms with van der Waals surface area (Å²) < 4.78 is 2.23. The standard InChI is InChI=1S/C26H33N5/c1-21-19-31(17-14-24(21)23-11-7-4-8-12-23)26(27-2)29-15-13-25-28-16-18-30(25)20-22-9-5-3-6-10-22/h3-12,16,18,21,24H,13-15,17,19-20H2,1-2H3,(H,27,29). The maximum absolute atomic E-state index is 4.57. The zero-order chi connectivity index (χ0) is 21.5. The fourth-order valence-electron chi connectivity index (χ4n) is 4.64. The molecule has 2 atom stereocenters. The van der Waals surface area contributed by atoms with Crippen molar-refractivity contribution in [2.75, 3.05) is 26.7 Å². The Balaban J connectivity index is 1.30. The highest BCUT2D eigenvalue weighted by atomic mass is 15.3. The smallest absolute Gasteiger partial charge is 0.193 e. The normalized spacial score (nSPS) is 19.4. The summed E-state index contributed by atoms with van der Waals surface area (Å²) in [5.74, 6) is 3.32. The number of hydrogen-bond acceptors (Lipinski definition) is 2. The number of piperidine rings is 1. The van der Waals surface area contributed by atoms with E-state index in [1.807, 2.05) is 13.2 Å². The lowest BCUT2D eigenvalue weighted by Gasteiger charge is -2.39. The average molecular weight is 416 g/mol. The Hall–Kier alpha value is -3.08. The van der Waals surface area contributed by atoms with Crippen LogP contribution in [0.4, 0.5) is 0 Å². The van der Waals surface area contributed by atoms with Gasteiger partial charge in [0.25, 0.3) is 0 Å². The first-order valence-corrected chi connectivity index (χ1v) is 11.3. The average Bonchev–Trinajstić information content (AvgIpc) is 3.24. The van der Waals surface area contributed by atoms with Gasteiger partial charge in [-0.05, 0) is 29.4 Å². The van der Waals surface area contributed by atoms with Crippen LogP contribution in [0.15, 0.2) is 78.0 Å². The third kappa shape index (κ3) is 5.35. The van der Waals surface area contributed by atoms with E-state index in [0.29, 0.717) is 11.8 Å². The highest BCUT2D eigenvalue weighted by molar-refractivity contribution is 5.80. The second-order valence-corrected chi connectivity index (χ2v) is 8.41. The summed E-state index contributed by atoms with van der Waals surface area (Å²) in [6, 6.07) is 21.5. The first-order valence-electron chi connectivity index (χ1n) is 11.3. The lowest BCUT2D eigenvalue weighted by molar-refractivity contribution is 0.234. The molecule has 1 aromatic heterocycles. The summed E-state index contributed by atoms with van der Waals surface area (Å²) >= 11 is 0. The van der Waals surface area contributed by atoms with Crippen molar-refractivity contribution in [1.29, 1.82) is 0 Å². The van der Waals surface area contributed by atoms with Crippen LogP contribution >= 0.6 is 0 Å². The van der Waals surface area contributed by atoms with Crippen LogP contribution in [0.1, 0.15) is 36.2 Å². The maximum atomic E-state index is 4.57. The highest BCUT2D eigenvalue weighted by Crippen LogP contribution is 2.32. The minimum Gasteiger partial charge on any atom is -0.356 e. The summed E-state index contributed by atoms with van der Waals surface area (Å²) in [7, 11) is 1.88. The van der Waals surface area contributed by atoms with Gasteiger partial charge in [-0.2, -0.15) is 0 Å². The van der Waals surface area contributed by atoms with Gasteiger partial charge in [0.05, 0.1) is 0 Å². The molecule has 2 aromatic carbocycles. The third-order valence-electron chi connectivity index (χ3n) is 6.27. The molecule has 5 heteroatoms. The van der Waals surface area contributed by atoms with Gasteiger partial charge in [-0.1, -0.05) is 67.6 Å². The fourth-order valence-corrected chi connectivity index (χ4v) is 4.64. The van der Waals surface area contributed by atoms with Gasteiger partial charge in [-0.3, -0.25) is 4.99 Å². The number of nitrogens with one attached hydrogen (secondary N) is 1. The van der Waals surface area contributed by atoms with Crippen LogP contribution in [0.2, 0.25) is 0 Å². The van der Waals surface area contributed by atoms with Crippen molar-refractivity contribution in [3.05, 3.63) is 90.0 Å². The number of nitrogens with zero attached hydrogens (tertiary/aromatic N) is 4. The molecule has 0 radical (unpaired) electrons. The summed E-state index contributed by atoms with van der Waals surface area (Å²) in [5, 5.41) is 3.57. The molecule has 1 aliphatic heterocycles. The maximum Gasteiger partial charge on any atom is 0.193 e. The predicted octanol–water partition coefficient (Wildman–Crippen LogP) is 4.17. The number of aromatic nitrogens is 2. The van der Waals surface area contributed by atoms with Crippen LogP contribution < -0.4 is 5.32 Å². The number of likely N-dealkylation sites (tertiary alicyclic amines) is 1. The zero-order valence-electron chi connectivity index (χ0n) is 18.6. The predicted molar refractivity (Wildman–Crippen MR) is 127 cm³/mol. The molecule has 1 fully saturated rings. The number of aliphatic imine (C=N–C) groups is 1. The van der Waals surface area contributed by atoms with Crippen LogP contribution in [0.3, 0.4) is 0 Å². The molecule has 0 amide bonds. The number of rotatable bonds is 6. The van der Waals surface area contributed by atoms with Gasteiger partial charge < -0.3 is 14.8 Å². The molecule has 1 saturated heterocycles. The minimum atomic E-state index is 0.597. The van der Waals surface area contributed by atoms with E-state index in [4.69, 9.17) is 0 Å². The van der Waals surface area contributed by atoms with Gasteiger partial charge in [-0.15, -0.1) is 0 Å². The third-order valence-corrected chi connectivity index (χ3v) is 6.27. The molecule has 0 spiro atoms. The molecule has 1 aliphatic rings. The van der Waals surface area contributed by atoms with E-state index in [-0.39, 0.29) is 0 Å². The van der Waals surface area contributed by atoms with E-state index in [0.717, 1.165) is 50.8 Å². The van der Waals surface area contributed by atoms with Crippen LogP contribution in [0.5, 0.6) is 0 Å². The van der Waals surface area contributed by atoms with Crippen molar-refractivity contribution in [2.45, 2.75) is 32.2 Å². The number of guanidine groups is 1. The van der Waals surface area contributed by atoms with Gasteiger partial charge in [0.15, 0.2) is 5.96 Å². The summed E-state index contributed by atoms with van der Waals surface area (Å²) in [6.07, 6.45) is 5.98. The van der Waals surface area contributed by atoms with E-state index >= 15 is 0 Å². The molecule has 0 saturated carbocycles. The molecule has 1 N–H and O–H groups in total. The Morgan fingerprint density at radius 1 is 1.10 bits per heavy atom. The van der Waals surface area contributed by atoms with E-state index in [9.17, 15) is 0 Å². The Morgan fingerprint density at radius 2 is 1.84 bits per heavy atom. The van der Waals surface area contributed by atoms with Crippen molar-refractivity contribution >= 4 is 5.96 Å². The fraction of sp³-hybridized carbons (Fsp3) is 0.385. The van der Waals surface area contributed by atoms with Crippen molar-refractivity contribution in [1.82, 2.24) is 19.8 Å². The Kier molecular flexibility index (Phi) is 7.03. The molecule has 5 nitrogen and oxygen atoms in total. The van der Waals surface area contributed by atoms with Gasteiger partial charge in [0.2, 0.25) is 0 Å². The van der Waals surface area contributed by atoms with Gasteiger partial charge in [-0.25, -0.2) is 4.98 Å². The number of imidazole rings is 1. The monoisotopic (exact) mass is 415 g/mol. The largest absolute Gasteiger partial charge is 0.356 e. The Morgan fingerprint density at radius 3 is 2.55 bits per heavy atom. The molecule has 0 bridgehead atoms. The van der Waals surface area contributed by atoms with Gasteiger partial charge >= 0.3 is 0 Å². The van der Waals surface area contributed by atoms with Crippen molar-refractivity contribution in [3.8, 4) is 0 Å². The van der Waals surface area contributed by atoms with Gasteiger partial charge in [0.1, 0.15) is 5.82 Å². The number of hydrogen-bond donors (Lipinski definition) is 1. The molecule has 0 aliphatic carbocycles. The second kappa shape index (κ2) is 10.3. The van der Waals surface area contributed by atoms with Crippen LogP contribution in [-0.4, -0.2) is 47.1 Å². The molecule has 31 heavy (non-hydrogen) atoms. The van der Waals surface area contributed by atoms with Crippen LogP contribution in [-0.2, 0) is 13.0 Å². The summed E-state index contributed by atoms with van der Waals surface area (Å²) in [6.45, 7) is 6.10. The Labute approximate surface area is 185 Å². The number of benzene rings is 2. The lowest BCUT2D eigenvalue weighted by atomic mass is 9.82. The van der Waals surface area contributed by atoms with Crippen molar-refractivity contribution < 1.29 is 0 Å². The van der Waals surface area contributed by atoms with Crippen LogP contribution in [0.25, 0.3) is 0 Å². The molecular formula is C26H33N5. The molecule has 162 valence electrons. The second-order valence-electron chi connectivity index (χ2n) is 8.41. The first-order chi connectivity index (χ1) is 15.2. The van der Waals surface area contributed by atoms with Crippen molar-refractivity contribution in [3.63, 3.8) is 0 Å². The lowest BCUT2D eigenvalue weighted by Crippen LogP contribution is -2.48.